The molecule has 0 unspecified atom stereocenters. The van der Waals surface area contributed by atoms with Crippen LogP contribution >= 0.6 is 0 Å². The van der Waals surface area contributed by atoms with Crippen molar-refractivity contribution in [2.75, 3.05) is 6.61 Å². The Balaban J connectivity index is 0.000000606. The van der Waals surface area contributed by atoms with E-state index in [2.05, 4.69) is 5.16 Å². The van der Waals surface area contributed by atoms with Crippen LogP contribution in [0.3, 0.4) is 0 Å². The molecule has 1 heterocycles. The molecule has 1 aliphatic heterocycles. The number of para-hydroxylation sites is 1. The highest BCUT2D eigenvalue weighted by Crippen LogP contribution is 2.13. The van der Waals surface area contributed by atoms with Gasteiger partial charge >= 0.3 is 0 Å². The first-order chi connectivity index (χ1) is 7.84. The maximum absolute atomic E-state index is 5.54. The molecule has 88 valence electrons. The molecule has 0 spiro atoms. The summed E-state index contributed by atoms with van der Waals surface area (Å²) in [6, 6.07) is 9.73. The van der Waals surface area contributed by atoms with Gasteiger partial charge in [0.25, 0.3) is 0 Å². The summed E-state index contributed by atoms with van der Waals surface area (Å²) >= 11 is 0. The first-order valence-corrected chi connectivity index (χ1v) is 5.72. The Morgan fingerprint density at radius 2 is 2.00 bits per heavy atom. The summed E-state index contributed by atoms with van der Waals surface area (Å²) in [5.74, 6) is 0.876. The molecule has 0 aliphatic carbocycles. The van der Waals surface area contributed by atoms with E-state index in [9.17, 15) is 0 Å². The van der Waals surface area contributed by atoms with E-state index in [1.807, 2.05) is 51.1 Å². The summed E-state index contributed by atoms with van der Waals surface area (Å²) in [7, 11) is 0. The molecule has 0 N–H and O–H groups in total. The highest BCUT2D eigenvalue weighted by atomic mass is 16.7. The lowest BCUT2D eigenvalue weighted by Crippen LogP contribution is -2.17. The molecule has 0 radical (unpaired) electrons. The van der Waals surface area contributed by atoms with E-state index < -0.39 is 0 Å². The van der Waals surface area contributed by atoms with Gasteiger partial charge in [-0.2, -0.15) is 0 Å². The van der Waals surface area contributed by atoms with Crippen molar-refractivity contribution in [3.8, 4) is 5.75 Å². The Bertz CT molecular complexity index is 322. The van der Waals surface area contributed by atoms with Gasteiger partial charge in [0.05, 0.1) is 5.71 Å². The average molecular weight is 221 g/mol. The number of hydrogen-bond donors (Lipinski definition) is 0. The fraction of sp³-hybridized carbons (Fsp3) is 0.462. The highest BCUT2D eigenvalue weighted by Gasteiger charge is 2.18. The van der Waals surface area contributed by atoms with Crippen LogP contribution in [0.15, 0.2) is 35.5 Å². The molecule has 0 amide bonds. The zero-order valence-electron chi connectivity index (χ0n) is 10.1. The smallest absolute Gasteiger partial charge is 0.166 e. The van der Waals surface area contributed by atoms with Crippen molar-refractivity contribution in [1.82, 2.24) is 0 Å². The molecular formula is C13H19NO2. The molecule has 1 aromatic rings. The van der Waals surface area contributed by atoms with Gasteiger partial charge < -0.3 is 9.57 Å². The summed E-state index contributed by atoms with van der Waals surface area (Å²) in [6.45, 7) is 6.52. The molecule has 0 aromatic heterocycles. The largest absolute Gasteiger partial charge is 0.490 e. The minimum absolute atomic E-state index is 0.0789. The second kappa shape index (κ2) is 6.88. The number of ether oxygens (including phenoxy) is 1. The Hall–Kier alpha value is -1.51. The van der Waals surface area contributed by atoms with Gasteiger partial charge in [0.15, 0.2) is 6.10 Å². The normalized spacial score (nSPS) is 17.9. The molecule has 3 heteroatoms. The van der Waals surface area contributed by atoms with Gasteiger partial charge in [-0.15, -0.1) is 0 Å². The van der Waals surface area contributed by atoms with Crippen molar-refractivity contribution in [2.45, 2.75) is 33.3 Å². The summed E-state index contributed by atoms with van der Waals surface area (Å²) in [4.78, 5) is 5.15. The first-order valence-electron chi connectivity index (χ1n) is 5.72. The maximum atomic E-state index is 5.54. The van der Waals surface area contributed by atoms with Crippen LogP contribution in [-0.2, 0) is 4.84 Å². The van der Waals surface area contributed by atoms with Gasteiger partial charge in [0, 0.05) is 6.42 Å². The lowest BCUT2D eigenvalue weighted by atomic mass is 10.2. The van der Waals surface area contributed by atoms with Gasteiger partial charge in [0.2, 0.25) is 0 Å². The van der Waals surface area contributed by atoms with E-state index in [0.29, 0.717) is 6.61 Å². The van der Waals surface area contributed by atoms with E-state index in [4.69, 9.17) is 9.57 Å². The van der Waals surface area contributed by atoms with Crippen LogP contribution in [-0.4, -0.2) is 18.4 Å². The summed E-state index contributed by atoms with van der Waals surface area (Å²) < 4.78 is 5.54. The van der Waals surface area contributed by atoms with E-state index in [1.54, 1.807) is 0 Å². The molecular weight excluding hydrogens is 202 g/mol. The van der Waals surface area contributed by atoms with E-state index in [-0.39, 0.29) is 6.10 Å². The summed E-state index contributed by atoms with van der Waals surface area (Å²) in [6.07, 6.45) is 0.947. The van der Waals surface area contributed by atoms with Gasteiger partial charge in [-0.05, 0) is 19.1 Å². The number of rotatable bonds is 3. The lowest BCUT2D eigenvalue weighted by Gasteiger charge is -2.09. The van der Waals surface area contributed by atoms with Crippen molar-refractivity contribution in [2.24, 2.45) is 5.16 Å². The van der Waals surface area contributed by atoms with Crippen LogP contribution in [0.4, 0.5) is 0 Å². The number of hydrogen-bond acceptors (Lipinski definition) is 3. The van der Waals surface area contributed by atoms with Crippen molar-refractivity contribution < 1.29 is 9.57 Å². The van der Waals surface area contributed by atoms with E-state index in [0.717, 1.165) is 17.9 Å². The van der Waals surface area contributed by atoms with Crippen molar-refractivity contribution >= 4 is 5.71 Å². The van der Waals surface area contributed by atoms with Gasteiger partial charge in [-0.25, -0.2) is 0 Å². The third kappa shape index (κ3) is 3.93. The van der Waals surface area contributed by atoms with Crippen LogP contribution in [0.1, 0.15) is 27.2 Å². The number of benzene rings is 1. The molecule has 0 saturated heterocycles. The van der Waals surface area contributed by atoms with Gasteiger partial charge in [0.1, 0.15) is 12.4 Å². The molecule has 16 heavy (non-hydrogen) atoms. The number of oxime groups is 1. The molecule has 0 saturated carbocycles. The lowest BCUT2D eigenvalue weighted by molar-refractivity contribution is 0.0471. The zero-order valence-corrected chi connectivity index (χ0v) is 10.1. The standard InChI is InChI=1S/C11H13NO2.C2H6/c1-9-7-11(14-12-9)8-13-10-5-3-2-4-6-10;1-2/h2-6,11H,7-8H2,1H3;1-2H3/t11-;/m0./s1. The molecule has 0 bridgehead atoms. The Labute approximate surface area is 97.1 Å². The summed E-state index contributed by atoms with van der Waals surface area (Å²) in [5, 5.41) is 3.87. The molecule has 2 rings (SSSR count). The van der Waals surface area contributed by atoms with Crippen LogP contribution in [0.5, 0.6) is 5.75 Å². The van der Waals surface area contributed by atoms with Crippen LogP contribution in [0, 0.1) is 0 Å². The highest BCUT2D eigenvalue weighted by molar-refractivity contribution is 5.82. The molecule has 3 nitrogen and oxygen atoms in total. The summed E-state index contributed by atoms with van der Waals surface area (Å²) in [5.41, 5.74) is 1.03. The second-order valence-electron chi connectivity index (χ2n) is 3.38. The molecule has 1 aromatic carbocycles. The van der Waals surface area contributed by atoms with Crippen molar-refractivity contribution in [3.63, 3.8) is 0 Å². The second-order valence-corrected chi connectivity index (χ2v) is 3.38. The predicted octanol–water partition coefficient (Wildman–Crippen LogP) is 3.26. The fourth-order valence-electron chi connectivity index (χ4n) is 1.36. The quantitative estimate of drug-likeness (QED) is 0.784. The van der Waals surface area contributed by atoms with Crippen LogP contribution < -0.4 is 4.74 Å². The van der Waals surface area contributed by atoms with Crippen molar-refractivity contribution in [1.29, 1.82) is 0 Å². The topological polar surface area (TPSA) is 30.8 Å². The van der Waals surface area contributed by atoms with E-state index >= 15 is 0 Å². The van der Waals surface area contributed by atoms with Crippen molar-refractivity contribution in [3.05, 3.63) is 30.3 Å². The Kier molecular flexibility index (Phi) is 5.40. The van der Waals surface area contributed by atoms with E-state index in [1.165, 1.54) is 0 Å². The third-order valence-electron chi connectivity index (χ3n) is 2.06. The minimum Gasteiger partial charge on any atom is -0.490 e. The zero-order chi connectivity index (χ0) is 11.8. The first kappa shape index (κ1) is 12.6. The fourth-order valence-corrected chi connectivity index (χ4v) is 1.36. The predicted molar refractivity (Wildman–Crippen MR) is 65.9 cm³/mol. The maximum Gasteiger partial charge on any atom is 0.166 e. The average Bonchev–Trinajstić information content (AvgIpc) is 2.77. The SMILES string of the molecule is CC.CC1=NO[C@H](COc2ccccc2)C1. The molecule has 0 fully saturated rings. The monoisotopic (exact) mass is 221 g/mol. The molecule has 1 atom stereocenters. The third-order valence-corrected chi connectivity index (χ3v) is 2.06. The Morgan fingerprint density at radius 3 is 2.56 bits per heavy atom. The molecule has 1 aliphatic rings. The van der Waals surface area contributed by atoms with Crippen LogP contribution in [0.2, 0.25) is 0 Å². The Morgan fingerprint density at radius 1 is 1.31 bits per heavy atom. The van der Waals surface area contributed by atoms with Gasteiger partial charge in [-0.3, -0.25) is 0 Å². The minimum atomic E-state index is 0.0789. The van der Waals surface area contributed by atoms with Gasteiger partial charge in [-0.1, -0.05) is 37.2 Å². The number of nitrogens with zero attached hydrogens (tertiary/aromatic N) is 1. The van der Waals surface area contributed by atoms with Crippen LogP contribution in [0.25, 0.3) is 0 Å².